The number of fused-ring (bicyclic) bond motifs is 2. The first-order chi connectivity index (χ1) is 16.8. The fraction of sp³-hybridized carbons (Fsp3) is 0.0303. The van der Waals surface area contributed by atoms with Crippen LogP contribution in [0, 0.1) is 6.92 Å². The number of rotatable bonds is 4. The van der Waals surface area contributed by atoms with Crippen LogP contribution in [0.4, 0.5) is 11.4 Å². The minimum absolute atomic E-state index is 1.09. The Morgan fingerprint density at radius 3 is 1.24 bits per heavy atom. The second kappa shape index (κ2) is 8.53. The predicted molar refractivity (Wildman–Crippen MR) is 147 cm³/mol. The topological polar surface area (TPSA) is 12.0 Å². The minimum atomic E-state index is 1.09. The zero-order valence-electron chi connectivity index (χ0n) is 19.1. The highest BCUT2D eigenvalue weighted by atomic mass is 14.9. The summed E-state index contributed by atoms with van der Waals surface area (Å²) >= 11 is 0. The van der Waals surface area contributed by atoms with Crippen LogP contribution in [0.5, 0.6) is 0 Å². The molecule has 0 aliphatic heterocycles. The van der Waals surface area contributed by atoms with E-state index < -0.39 is 0 Å². The molecule has 1 nitrogen and oxygen atoms in total. The first-order valence-corrected chi connectivity index (χ1v) is 11.7. The Morgan fingerprint density at radius 2 is 0.765 bits per heavy atom. The van der Waals surface area contributed by atoms with Crippen LogP contribution in [0.25, 0.3) is 43.8 Å². The molecule has 0 amide bonds. The molecule has 162 valence electrons. The molecule has 34 heavy (non-hydrogen) atoms. The van der Waals surface area contributed by atoms with E-state index in [9.17, 15) is 0 Å². The van der Waals surface area contributed by atoms with Crippen LogP contribution in [0.1, 0.15) is 5.56 Å². The first kappa shape index (κ1) is 20.3. The highest BCUT2D eigenvalue weighted by Gasteiger charge is 2.16. The van der Waals surface area contributed by atoms with Gasteiger partial charge in [0.25, 0.3) is 0 Å². The Balaban J connectivity index is 1.53. The molecule has 6 aromatic carbocycles. The van der Waals surface area contributed by atoms with Gasteiger partial charge in [-0.05, 0) is 75.0 Å². The molecular weight excluding hydrogens is 410 g/mol. The Hall–Kier alpha value is -4.36. The van der Waals surface area contributed by atoms with Crippen LogP contribution in [-0.2, 0) is 0 Å². The summed E-state index contributed by atoms with van der Waals surface area (Å²) < 4.78 is 0. The lowest BCUT2D eigenvalue weighted by Gasteiger charge is -2.18. The fourth-order valence-electron chi connectivity index (χ4n) is 4.88. The molecule has 0 unspecified atom stereocenters. The van der Waals surface area contributed by atoms with Crippen molar-refractivity contribution >= 4 is 32.9 Å². The molecule has 0 spiro atoms. The summed E-state index contributed by atoms with van der Waals surface area (Å²) in [7, 11) is 0. The third kappa shape index (κ3) is 3.62. The second-order valence-electron chi connectivity index (χ2n) is 8.78. The van der Waals surface area contributed by atoms with E-state index in [2.05, 4.69) is 140 Å². The Labute approximate surface area is 200 Å². The summed E-state index contributed by atoms with van der Waals surface area (Å²) in [5, 5.41) is 8.63. The molecule has 6 aromatic rings. The van der Waals surface area contributed by atoms with E-state index in [1.165, 1.54) is 49.4 Å². The van der Waals surface area contributed by atoms with Gasteiger partial charge in [-0.2, -0.15) is 0 Å². The van der Waals surface area contributed by atoms with Gasteiger partial charge in [0, 0.05) is 11.4 Å². The fourth-order valence-corrected chi connectivity index (χ4v) is 4.88. The smallest absolute Gasteiger partial charge is 0.0384 e. The molecule has 1 heteroatoms. The van der Waals surface area contributed by atoms with Crippen molar-refractivity contribution in [1.82, 2.24) is 0 Å². The number of hydrogen-bond acceptors (Lipinski definition) is 1. The molecule has 0 saturated heterocycles. The van der Waals surface area contributed by atoms with Crippen LogP contribution in [0.3, 0.4) is 0 Å². The number of nitrogens with one attached hydrogen (secondary N) is 1. The van der Waals surface area contributed by atoms with Gasteiger partial charge in [0.1, 0.15) is 0 Å². The van der Waals surface area contributed by atoms with Crippen molar-refractivity contribution in [2.24, 2.45) is 0 Å². The van der Waals surface area contributed by atoms with Gasteiger partial charge in [-0.1, -0.05) is 109 Å². The number of anilines is 2. The maximum atomic E-state index is 3.51. The van der Waals surface area contributed by atoms with Crippen molar-refractivity contribution in [3.63, 3.8) is 0 Å². The van der Waals surface area contributed by atoms with E-state index in [4.69, 9.17) is 0 Å². The van der Waals surface area contributed by atoms with Crippen LogP contribution in [-0.4, -0.2) is 0 Å². The van der Waals surface area contributed by atoms with Gasteiger partial charge >= 0.3 is 0 Å². The average Bonchev–Trinajstić information content (AvgIpc) is 2.89. The van der Waals surface area contributed by atoms with Gasteiger partial charge in [0.2, 0.25) is 0 Å². The zero-order valence-corrected chi connectivity index (χ0v) is 19.1. The van der Waals surface area contributed by atoms with E-state index in [1.54, 1.807) is 0 Å². The molecule has 1 N–H and O–H groups in total. The van der Waals surface area contributed by atoms with Crippen molar-refractivity contribution < 1.29 is 0 Å². The lowest BCUT2D eigenvalue weighted by molar-refractivity contribution is 1.45. The van der Waals surface area contributed by atoms with Gasteiger partial charge in [0.15, 0.2) is 0 Å². The summed E-state index contributed by atoms with van der Waals surface area (Å²) in [5.74, 6) is 0. The highest BCUT2D eigenvalue weighted by Crippen LogP contribution is 2.43. The van der Waals surface area contributed by atoms with Gasteiger partial charge in [-0.15, -0.1) is 0 Å². The summed E-state index contributed by atoms with van der Waals surface area (Å²) in [4.78, 5) is 0. The maximum absolute atomic E-state index is 3.51. The minimum Gasteiger partial charge on any atom is -0.356 e. The second-order valence-corrected chi connectivity index (χ2v) is 8.78. The van der Waals surface area contributed by atoms with Gasteiger partial charge in [-0.3, -0.25) is 0 Å². The lowest BCUT2D eigenvalue weighted by Crippen LogP contribution is -1.92. The molecule has 0 radical (unpaired) electrons. The third-order valence-electron chi connectivity index (χ3n) is 6.51. The Morgan fingerprint density at radius 1 is 0.382 bits per heavy atom. The van der Waals surface area contributed by atoms with Crippen molar-refractivity contribution in [3.05, 3.63) is 133 Å². The summed E-state index contributed by atoms with van der Waals surface area (Å²) in [6, 6.07) is 45.6. The van der Waals surface area contributed by atoms with E-state index >= 15 is 0 Å². The van der Waals surface area contributed by atoms with Crippen molar-refractivity contribution in [1.29, 1.82) is 0 Å². The largest absolute Gasteiger partial charge is 0.356 e. The van der Waals surface area contributed by atoms with Crippen LogP contribution >= 0.6 is 0 Å². The van der Waals surface area contributed by atoms with Crippen LogP contribution in [0.2, 0.25) is 0 Å². The maximum Gasteiger partial charge on any atom is 0.0384 e. The molecule has 0 aliphatic carbocycles. The monoisotopic (exact) mass is 435 g/mol. The van der Waals surface area contributed by atoms with E-state index in [0.29, 0.717) is 0 Å². The highest BCUT2D eigenvalue weighted by molar-refractivity contribution is 6.21. The molecule has 0 heterocycles. The molecule has 0 atom stereocenters. The summed E-state index contributed by atoms with van der Waals surface area (Å²) in [5.41, 5.74) is 8.50. The standard InChI is InChI=1S/C33H25N/c1-23-15-19-26(20-16-23)34-27-21-17-25(18-22-27)33-30-13-7-5-11-28(30)32(24-9-3-2-4-10-24)29-12-6-8-14-31(29)33/h2-22,34H,1H3. The normalized spacial score (nSPS) is 11.1. The van der Waals surface area contributed by atoms with Crippen molar-refractivity contribution in [3.8, 4) is 22.3 Å². The Bertz CT molecular complexity index is 1540. The zero-order chi connectivity index (χ0) is 22.9. The number of hydrogen-bond donors (Lipinski definition) is 1. The Kier molecular flexibility index (Phi) is 5.08. The SMILES string of the molecule is Cc1ccc(Nc2ccc(-c3c4ccccc4c(-c4ccccc4)c4ccccc34)cc2)cc1. The molecular formula is C33H25N. The first-order valence-electron chi connectivity index (χ1n) is 11.7. The van der Waals surface area contributed by atoms with E-state index in [-0.39, 0.29) is 0 Å². The average molecular weight is 436 g/mol. The number of aryl methyl sites for hydroxylation is 1. The van der Waals surface area contributed by atoms with Crippen molar-refractivity contribution in [2.45, 2.75) is 6.92 Å². The third-order valence-corrected chi connectivity index (χ3v) is 6.51. The predicted octanol–water partition coefficient (Wildman–Crippen LogP) is 9.38. The molecule has 0 aliphatic rings. The van der Waals surface area contributed by atoms with E-state index in [0.717, 1.165) is 11.4 Å². The van der Waals surface area contributed by atoms with E-state index in [1.807, 2.05) is 0 Å². The van der Waals surface area contributed by atoms with Crippen molar-refractivity contribution in [2.75, 3.05) is 5.32 Å². The summed E-state index contributed by atoms with van der Waals surface area (Å²) in [6.07, 6.45) is 0. The lowest BCUT2D eigenvalue weighted by atomic mass is 9.86. The van der Waals surface area contributed by atoms with Gasteiger partial charge in [-0.25, -0.2) is 0 Å². The van der Waals surface area contributed by atoms with Crippen LogP contribution < -0.4 is 5.32 Å². The molecule has 0 fully saturated rings. The number of benzene rings is 6. The molecule has 0 aromatic heterocycles. The van der Waals surface area contributed by atoms with Gasteiger partial charge in [0.05, 0.1) is 0 Å². The molecule has 6 rings (SSSR count). The quantitative estimate of drug-likeness (QED) is 0.272. The molecule has 0 bridgehead atoms. The molecule has 0 saturated carbocycles. The summed E-state index contributed by atoms with van der Waals surface area (Å²) in [6.45, 7) is 2.11. The van der Waals surface area contributed by atoms with Crippen LogP contribution in [0.15, 0.2) is 127 Å². The van der Waals surface area contributed by atoms with Gasteiger partial charge < -0.3 is 5.32 Å².